The Balaban J connectivity index is 2.27. The van der Waals surface area contributed by atoms with Gasteiger partial charge in [0.25, 0.3) is 0 Å². The van der Waals surface area contributed by atoms with Crippen molar-refractivity contribution >= 4 is 21.6 Å². The molecule has 0 heterocycles. The van der Waals surface area contributed by atoms with E-state index in [1.807, 2.05) is 12.1 Å². The number of hydrogen-bond donors (Lipinski definition) is 1. The molecular weight excluding hydrogens is 302 g/mol. The van der Waals surface area contributed by atoms with E-state index in [1.54, 1.807) is 23.9 Å². The van der Waals surface area contributed by atoms with Crippen molar-refractivity contribution in [1.29, 1.82) is 0 Å². The third-order valence-electron chi connectivity index (χ3n) is 3.29. The molecule has 1 aromatic carbocycles. The fourth-order valence-corrected chi connectivity index (χ4v) is 3.36. The third-order valence-corrected chi connectivity index (χ3v) is 5.43. The lowest BCUT2D eigenvalue weighted by Gasteiger charge is -2.14. The van der Waals surface area contributed by atoms with Gasteiger partial charge in [0.05, 0.1) is 4.90 Å². The molecule has 1 N–H and O–H groups in total. The molecule has 120 valence electrons. The molecule has 1 unspecified atom stereocenters. The van der Waals surface area contributed by atoms with Crippen molar-refractivity contribution in [3.8, 4) is 0 Å². The number of hydrogen-bond acceptors (Lipinski definition) is 4. The minimum Gasteiger partial charge on any atom is -0.313 e. The van der Waals surface area contributed by atoms with Gasteiger partial charge in [0, 0.05) is 29.5 Å². The van der Waals surface area contributed by atoms with Crippen LogP contribution in [0.25, 0.3) is 0 Å². The Labute approximate surface area is 133 Å². The zero-order valence-corrected chi connectivity index (χ0v) is 15.1. The summed E-state index contributed by atoms with van der Waals surface area (Å²) < 4.78 is 22.7. The van der Waals surface area contributed by atoms with E-state index in [-0.39, 0.29) is 0 Å². The van der Waals surface area contributed by atoms with Crippen molar-refractivity contribution in [3.63, 3.8) is 0 Å². The predicted octanol–water partition coefficient (Wildman–Crippen LogP) is 3.60. The van der Waals surface area contributed by atoms with Crippen LogP contribution in [0.5, 0.6) is 0 Å². The topological polar surface area (TPSA) is 46.2 Å². The average molecular weight is 330 g/mol. The largest absolute Gasteiger partial charge is 0.313 e. The van der Waals surface area contributed by atoms with E-state index in [9.17, 15) is 8.42 Å². The summed E-state index contributed by atoms with van der Waals surface area (Å²) in [5.74, 6) is 1.75. The van der Waals surface area contributed by atoms with Crippen LogP contribution < -0.4 is 5.32 Å². The van der Waals surface area contributed by atoms with E-state index in [0.717, 1.165) is 23.1 Å². The lowest BCUT2D eigenvalue weighted by Crippen LogP contribution is -2.28. The van der Waals surface area contributed by atoms with Gasteiger partial charge in [0.2, 0.25) is 0 Å². The fourth-order valence-electron chi connectivity index (χ4n) is 1.94. The van der Waals surface area contributed by atoms with Crippen LogP contribution in [0.2, 0.25) is 0 Å². The molecule has 21 heavy (non-hydrogen) atoms. The van der Waals surface area contributed by atoms with Gasteiger partial charge in [-0.15, -0.1) is 11.8 Å². The van der Waals surface area contributed by atoms with E-state index < -0.39 is 9.84 Å². The van der Waals surface area contributed by atoms with Crippen molar-refractivity contribution in [3.05, 3.63) is 24.3 Å². The highest BCUT2D eigenvalue weighted by molar-refractivity contribution is 7.99. The summed E-state index contributed by atoms with van der Waals surface area (Å²) in [6.07, 6.45) is 3.71. The molecule has 0 aliphatic carbocycles. The Morgan fingerprint density at radius 1 is 1.10 bits per heavy atom. The van der Waals surface area contributed by atoms with Crippen LogP contribution in [0.4, 0.5) is 0 Å². The van der Waals surface area contributed by atoms with Gasteiger partial charge in [-0.3, -0.25) is 0 Å². The van der Waals surface area contributed by atoms with E-state index in [2.05, 4.69) is 26.1 Å². The number of rotatable bonds is 9. The highest BCUT2D eigenvalue weighted by atomic mass is 32.2. The lowest BCUT2D eigenvalue weighted by molar-refractivity contribution is 0.460. The van der Waals surface area contributed by atoms with Gasteiger partial charge in [-0.2, -0.15) is 0 Å². The summed E-state index contributed by atoms with van der Waals surface area (Å²) in [5, 5.41) is 3.53. The molecule has 0 fully saturated rings. The van der Waals surface area contributed by atoms with Crippen LogP contribution in [0, 0.1) is 5.92 Å². The van der Waals surface area contributed by atoms with E-state index in [0.29, 0.717) is 10.9 Å². The molecule has 1 atom stereocenters. The predicted molar refractivity (Wildman–Crippen MR) is 91.8 cm³/mol. The first-order valence-electron chi connectivity index (χ1n) is 7.45. The van der Waals surface area contributed by atoms with E-state index in [4.69, 9.17) is 0 Å². The van der Waals surface area contributed by atoms with Crippen molar-refractivity contribution in [2.24, 2.45) is 5.92 Å². The van der Waals surface area contributed by atoms with Gasteiger partial charge in [-0.05, 0) is 49.9 Å². The molecule has 0 bridgehead atoms. The van der Waals surface area contributed by atoms with Gasteiger partial charge in [0.15, 0.2) is 9.84 Å². The van der Waals surface area contributed by atoms with Crippen LogP contribution in [0.3, 0.4) is 0 Å². The van der Waals surface area contributed by atoms with Crippen LogP contribution in [-0.2, 0) is 9.84 Å². The molecule has 0 spiro atoms. The van der Waals surface area contributed by atoms with Crippen molar-refractivity contribution in [2.45, 2.75) is 49.4 Å². The van der Waals surface area contributed by atoms with Crippen molar-refractivity contribution in [2.75, 3.05) is 18.6 Å². The standard InChI is InChI=1S/C16H27NO2S2/c1-13(2)5-6-14(3)17-11-12-20-15-7-9-16(10-8-15)21(4,18)19/h7-10,13-14,17H,5-6,11-12H2,1-4H3. The summed E-state index contributed by atoms with van der Waals surface area (Å²) in [6, 6.07) is 7.67. The Bertz CT molecular complexity index is 510. The first kappa shape index (κ1) is 18.5. The van der Waals surface area contributed by atoms with Gasteiger partial charge < -0.3 is 5.32 Å². The molecule has 0 amide bonds. The third kappa shape index (κ3) is 7.88. The van der Waals surface area contributed by atoms with Gasteiger partial charge in [-0.25, -0.2) is 8.42 Å². The molecule has 0 radical (unpaired) electrons. The molecule has 0 aromatic heterocycles. The summed E-state index contributed by atoms with van der Waals surface area (Å²) in [4.78, 5) is 1.49. The molecule has 0 aliphatic heterocycles. The van der Waals surface area contributed by atoms with Crippen LogP contribution >= 0.6 is 11.8 Å². The maximum atomic E-state index is 11.4. The first-order valence-corrected chi connectivity index (χ1v) is 10.3. The first-order chi connectivity index (χ1) is 9.79. The van der Waals surface area contributed by atoms with Crippen molar-refractivity contribution < 1.29 is 8.42 Å². The lowest BCUT2D eigenvalue weighted by atomic mass is 10.0. The Morgan fingerprint density at radius 2 is 1.71 bits per heavy atom. The number of sulfone groups is 1. The number of benzene rings is 1. The molecule has 3 nitrogen and oxygen atoms in total. The summed E-state index contributed by atoms with van der Waals surface area (Å²) in [7, 11) is -3.09. The highest BCUT2D eigenvalue weighted by Gasteiger charge is 2.06. The second-order valence-electron chi connectivity index (χ2n) is 5.92. The molecule has 0 saturated heterocycles. The van der Waals surface area contributed by atoms with Crippen LogP contribution in [-0.4, -0.2) is 33.0 Å². The molecule has 0 aliphatic rings. The molecule has 1 aromatic rings. The summed E-state index contributed by atoms with van der Waals surface area (Å²) in [5.41, 5.74) is 0. The van der Waals surface area contributed by atoms with E-state index in [1.165, 1.54) is 19.1 Å². The highest BCUT2D eigenvalue weighted by Crippen LogP contribution is 2.19. The van der Waals surface area contributed by atoms with Gasteiger partial charge in [-0.1, -0.05) is 13.8 Å². The Hall–Kier alpha value is -0.520. The van der Waals surface area contributed by atoms with Gasteiger partial charge in [0.1, 0.15) is 0 Å². The van der Waals surface area contributed by atoms with Gasteiger partial charge >= 0.3 is 0 Å². The summed E-state index contributed by atoms with van der Waals surface area (Å²) >= 11 is 1.75. The maximum Gasteiger partial charge on any atom is 0.175 e. The normalized spacial score (nSPS) is 13.6. The van der Waals surface area contributed by atoms with Crippen LogP contribution in [0.1, 0.15) is 33.6 Å². The van der Waals surface area contributed by atoms with E-state index >= 15 is 0 Å². The Kier molecular flexibility index (Phi) is 7.77. The zero-order valence-electron chi connectivity index (χ0n) is 13.4. The molecule has 1 rings (SSSR count). The quantitative estimate of drug-likeness (QED) is 0.555. The second kappa shape index (κ2) is 8.81. The smallest absolute Gasteiger partial charge is 0.175 e. The second-order valence-corrected chi connectivity index (χ2v) is 9.10. The minimum absolute atomic E-state index is 0.382. The molecule has 5 heteroatoms. The number of nitrogens with one attached hydrogen (secondary N) is 1. The SMILES string of the molecule is CC(C)CCC(C)NCCSc1ccc(S(C)(=O)=O)cc1. The monoisotopic (exact) mass is 329 g/mol. The van der Waals surface area contributed by atoms with Crippen LogP contribution in [0.15, 0.2) is 34.1 Å². The maximum absolute atomic E-state index is 11.4. The summed E-state index contributed by atoms with van der Waals surface area (Å²) in [6.45, 7) is 7.71. The average Bonchev–Trinajstić information content (AvgIpc) is 2.41. The fraction of sp³-hybridized carbons (Fsp3) is 0.625. The minimum atomic E-state index is -3.09. The molecular formula is C16H27NO2S2. The zero-order chi connectivity index (χ0) is 15.9. The molecule has 0 saturated carbocycles. The number of thioether (sulfide) groups is 1. The Morgan fingerprint density at radius 3 is 2.24 bits per heavy atom. The van der Waals surface area contributed by atoms with Crippen molar-refractivity contribution in [1.82, 2.24) is 5.32 Å².